The van der Waals surface area contributed by atoms with E-state index >= 15 is 0 Å². The van der Waals surface area contributed by atoms with Crippen molar-refractivity contribution in [3.05, 3.63) is 35.7 Å². The third-order valence-corrected chi connectivity index (χ3v) is 3.62. The highest BCUT2D eigenvalue weighted by Crippen LogP contribution is 2.21. The summed E-state index contributed by atoms with van der Waals surface area (Å²) in [5, 5.41) is 17.6. The van der Waals surface area contributed by atoms with Crippen LogP contribution < -0.4 is 0 Å². The molecule has 0 radical (unpaired) electrons. The fourth-order valence-corrected chi connectivity index (χ4v) is 2.45. The monoisotopic (exact) mass is 277 g/mol. The summed E-state index contributed by atoms with van der Waals surface area (Å²) in [5.41, 5.74) is 2.66. The molecule has 2 aromatic rings. The Hall–Kier alpha value is -1.33. The Kier molecular flexibility index (Phi) is 4.61. The fraction of sp³-hybridized carbons (Fsp3) is 0.429. The molecule has 19 heavy (non-hydrogen) atoms. The van der Waals surface area contributed by atoms with Crippen LogP contribution in [0.4, 0.5) is 0 Å². The van der Waals surface area contributed by atoms with Crippen LogP contribution in [0, 0.1) is 5.92 Å². The second-order valence-corrected chi connectivity index (χ2v) is 5.73. The third-order valence-electron chi connectivity index (χ3n) is 2.89. The molecule has 0 bridgehead atoms. The zero-order valence-corrected chi connectivity index (χ0v) is 12.3. The Morgan fingerprint density at radius 1 is 1.37 bits per heavy atom. The molecule has 0 atom stereocenters. The molecule has 4 nitrogen and oxygen atoms in total. The van der Waals surface area contributed by atoms with Gasteiger partial charge in [-0.15, -0.1) is 16.9 Å². The molecule has 102 valence electrons. The predicted molar refractivity (Wildman–Crippen MR) is 77.6 cm³/mol. The number of hydrogen-bond acceptors (Lipinski definition) is 4. The van der Waals surface area contributed by atoms with Crippen LogP contribution >= 0.6 is 11.8 Å². The zero-order valence-electron chi connectivity index (χ0n) is 11.5. The van der Waals surface area contributed by atoms with Gasteiger partial charge in [-0.05, 0) is 36.8 Å². The van der Waals surface area contributed by atoms with E-state index in [4.69, 9.17) is 0 Å². The van der Waals surface area contributed by atoms with E-state index in [1.165, 1.54) is 4.90 Å². The number of aliphatic hydroxyl groups is 1. The minimum Gasteiger partial charge on any atom is -0.390 e. The maximum Gasteiger partial charge on any atom is 0.112 e. The molecular weight excluding hydrogens is 258 g/mol. The summed E-state index contributed by atoms with van der Waals surface area (Å²) in [6.45, 7) is 4.23. The van der Waals surface area contributed by atoms with Crippen LogP contribution in [0.25, 0.3) is 5.69 Å². The van der Waals surface area contributed by atoms with Crippen molar-refractivity contribution in [2.45, 2.75) is 31.8 Å². The topological polar surface area (TPSA) is 50.9 Å². The molecule has 1 aromatic carbocycles. The molecule has 0 aliphatic rings. The van der Waals surface area contributed by atoms with Gasteiger partial charge in [0.1, 0.15) is 5.69 Å². The summed E-state index contributed by atoms with van der Waals surface area (Å²) in [6, 6.07) is 8.19. The van der Waals surface area contributed by atoms with Crippen LogP contribution in [0.3, 0.4) is 0 Å². The van der Waals surface area contributed by atoms with Crippen LogP contribution in [0.5, 0.6) is 0 Å². The van der Waals surface area contributed by atoms with Crippen molar-refractivity contribution >= 4 is 11.8 Å². The quantitative estimate of drug-likeness (QED) is 0.854. The normalized spacial score (nSPS) is 11.2. The lowest BCUT2D eigenvalue weighted by Gasteiger charge is -2.10. The largest absolute Gasteiger partial charge is 0.390 e. The van der Waals surface area contributed by atoms with E-state index in [9.17, 15) is 5.11 Å². The molecule has 0 spiro atoms. The molecule has 0 saturated heterocycles. The van der Waals surface area contributed by atoms with E-state index < -0.39 is 0 Å². The summed E-state index contributed by atoms with van der Waals surface area (Å²) in [7, 11) is 0. The van der Waals surface area contributed by atoms with Crippen LogP contribution in [-0.4, -0.2) is 26.4 Å². The fourth-order valence-electron chi connectivity index (χ4n) is 2.00. The van der Waals surface area contributed by atoms with Gasteiger partial charge < -0.3 is 5.11 Å². The number of thioether (sulfide) groups is 1. The Balaban J connectivity index is 2.45. The van der Waals surface area contributed by atoms with Gasteiger partial charge in [0.05, 0.1) is 18.0 Å². The van der Waals surface area contributed by atoms with Gasteiger partial charge in [0.2, 0.25) is 0 Å². The van der Waals surface area contributed by atoms with Crippen molar-refractivity contribution in [3.63, 3.8) is 0 Å². The number of aromatic nitrogens is 3. The highest BCUT2D eigenvalue weighted by Gasteiger charge is 2.15. The predicted octanol–water partition coefficient (Wildman–Crippen LogP) is 2.68. The molecule has 0 unspecified atom stereocenters. The number of rotatable bonds is 5. The Labute approximate surface area is 117 Å². The zero-order chi connectivity index (χ0) is 13.8. The smallest absolute Gasteiger partial charge is 0.112 e. The maximum absolute atomic E-state index is 9.37. The van der Waals surface area contributed by atoms with Crippen molar-refractivity contribution in [1.29, 1.82) is 0 Å². The van der Waals surface area contributed by atoms with Gasteiger partial charge in [0.25, 0.3) is 0 Å². The molecule has 1 aromatic heterocycles. The minimum absolute atomic E-state index is 0.0652. The molecular formula is C14H19N3OS. The number of benzene rings is 1. The molecule has 0 amide bonds. The van der Waals surface area contributed by atoms with Crippen LogP contribution in [0.15, 0.2) is 29.2 Å². The van der Waals surface area contributed by atoms with E-state index in [1.54, 1.807) is 11.8 Å². The van der Waals surface area contributed by atoms with E-state index in [1.807, 2.05) is 16.8 Å². The number of nitrogens with zero attached hydrogens (tertiary/aromatic N) is 3. The average Bonchev–Trinajstić information content (AvgIpc) is 2.81. The van der Waals surface area contributed by atoms with E-state index in [-0.39, 0.29) is 6.61 Å². The van der Waals surface area contributed by atoms with Gasteiger partial charge in [0.15, 0.2) is 0 Å². The van der Waals surface area contributed by atoms with Crippen LogP contribution in [0.1, 0.15) is 25.2 Å². The van der Waals surface area contributed by atoms with Gasteiger partial charge in [-0.3, -0.25) is 0 Å². The Morgan fingerprint density at radius 3 is 2.79 bits per heavy atom. The molecule has 5 heteroatoms. The molecule has 0 saturated carbocycles. The van der Waals surface area contributed by atoms with Crippen molar-refractivity contribution in [2.24, 2.45) is 5.92 Å². The standard InChI is InChI=1S/C14H19N3OS/c1-10(2)7-14-13(9-18)15-16-17(14)11-5-4-6-12(8-11)19-3/h4-6,8,10,18H,7,9H2,1-3H3. The summed E-state index contributed by atoms with van der Waals surface area (Å²) in [5.74, 6) is 0.492. The lowest BCUT2D eigenvalue weighted by molar-refractivity contribution is 0.275. The number of aliphatic hydroxyl groups excluding tert-OH is 1. The second kappa shape index (κ2) is 6.21. The SMILES string of the molecule is CSc1cccc(-n2nnc(CO)c2CC(C)C)c1. The van der Waals surface area contributed by atoms with Gasteiger partial charge in [-0.1, -0.05) is 25.1 Å². The first kappa shape index (κ1) is 14.1. The minimum atomic E-state index is -0.0652. The highest BCUT2D eigenvalue weighted by molar-refractivity contribution is 7.98. The van der Waals surface area contributed by atoms with Crippen molar-refractivity contribution < 1.29 is 5.11 Å². The van der Waals surface area contributed by atoms with E-state index in [0.717, 1.165) is 17.8 Å². The van der Waals surface area contributed by atoms with Crippen molar-refractivity contribution in [3.8, 4) is 5.69 Å². The van der Waals surface area contributed by atoms with Crippen molar-refractivity contribution in [1.82, 2.24) is 15.0 Å². The molecule has 0 aliphatic heterocycles. The highest BCUT2D eigenvalue weighted by atomic mass is 32.2. The van der Waals surface area contributed by atoms with Gasteiger partial charge in [0, 0.05) is 4.90 Å². The van der Waals surface area contributed by atoms with Gasteiger partial charge in [-0.2, -0.15) is 0 Å². The second-order valence-electron chi connectivity index (χ2n) is 4.85. The first-order valence-corrected chi connectivity index (χ1v) is 7.57. The third kappa shape index (κ3) is 3.16. The molecule has 2 rings (SSSR count). The molecule has 0 fully saturated rings. The van der Waals surface area contributed by atoms with E-state index in [0.29, 0.717) is 11.6 Å². The number of hydrogen-bond donors (Lipinski definition) is 1. The Morgan fingerprint density at radius 2 is 2.16 bits per heavy atom. The first-order chi connectivity index (χ1) is 9.15. The summed E-state index contributed by atoms with van der Waals surface area (Å²) >= 11 is 1.70. The Bertz CT molecular complexity index is 551. The molecule has 0 aliphatic carbocycles. The lowest BCUT2D eigenvalue weighted by Crippen LogP contribution is -2.07. The maximum atomic E-state index is 9.37. The summed E-state index contributed by atoms with van der Waals surface area (Å²) in [6.07, 6.45) is 2.90. The average molecular weight is 277 g/mol. The molecule has 1 N–H and O–H groups in total. The van der Waals surface area contributed by atoms with Crippen LogP contribution in [-0.2, 0) is 13.0 Å². The van der Waals surface area contributed by atoms with Gasteiger partial charge >= 0.3 is 0 Å². The van der Waals surface area contributed by atoms with Crippen molar-refractivity contribution in [2.75, 3.05) is 6.26 Å². The van der Waals surface area contributed by atoms with E-state index in [2.05, 4.69) is 42.5 Å². The molecule has 1 heterocycles. The first-order valence-electron chi connectivity index (χ1n) is 6.34. The van der Waals surface area contributed by atoms with Crippen LogP contribution in [0.2, 0.25) is 0 Å². The summed E-state index contributed by atoms with van der Waals surface area (Å²) < 4.78 is 1.84. The van der Waals surface area contributed by atoms with Gasteiger partial charge in [-0.25, -0.2) is 4.68 Å². The summed E-state index contributed by atoms with van der Waals surface area (Å²) in [4.78, 5) is 1.19. The lowest BCUT2D eigenvalue weighted by atomic mass is 10.1.